The molecule has 5 nitrogen and oxygen atoms in total. The summed E-state index contributed by atoms with van der Waals surface area (Å²) in [6.07, 6.45) is 2.91. The highest BCUT2D eigenvalue weighted by molar-refractivity contribution is 6.08. The Bertz CT molecular complexity index is 396. The number of carboxylic acid groups (broad SMARTS) is 1. The summed E-state index contributed by atoms with van der Waals surface area (Å²) in [7, 11) is 0. The molecule has 100 valence electrons. The largest absolute Gasteiger partial charge is 0.480 e. The molecule has 0 radical (unpaired) electrons. The lowest BCUT2D eigenvalue weighted by Crippen LogP contribution is -2.48. The van der Waals surface area contributed by atoms with Crippen molar-refractivity contribution in [1.29, 1.82) is 0 Å². The van der Waals surface area contributed by atoms with Crippen LogP contribution in [0.4, 0.5) is 0 Å². The van der Waals surface area contributed by atoms with Crippen molar-refractivity contribution >= 4 is 17.8 Å². The zero-order chi connectivity index (χ0) is 13.5. The Morgan fingerprint density at radius 2 is 1.94 bits per heavy atom. The minimum atomic E-state index is -1.05. The molecule has 0 bridgehead atoms. The third-order valence-electron chi connectivity index (χ3n) is 4.38. The van der Waals surface area contributed by atoms with Gasteiger partial charge >= 0.3 is 5.97 Å². The number of rotatable bonds is 5. The first-order chi connectivity index (χ1) is 8.46. The lowest BCUT2D eigenvalue weighted by atomic mass is 9.81. The maximum Gasteiger partial charge on any atom is 0.327 e. The molecule has 0 spiro atoms. The molecule has 1 saturated carbocycles. The van der Waals surface area contributed by atoms with Crippen LogP contribution >= 0.6 is 0 Å². The summed E-state index contributed by atoms with van der Waals surface area (Å²) in [5, 5.41) is 9.25. The van der Waals surface area contributed by atoms with E-state index in [1.807, 2.05) is 13.8 Å². The van der Waals surface area contributed by atoms with Gasteiger partial charge in [-0.15, -0.1) is 0 Å². The molecule has 1 unspecified atom stereocenters. The molecule has 0 aromatic heterocycles. The van der Waals surface area contributed by atoms with E-state index >= 15 is 0 Å². The molecule has 5 heteroatoms. The zero-order valence-corrected chi connectivity index (χ0v) is 10.8. The maximum absolute atomic E-state index is 12.4. The van der Waals surface area contributed by atoms with Crippen LogP contribution in [0.5, 0.6) is 0 Å². The highest BCUT2D eigenvalue weighted by Crippen LogP contribution is 2.44. The molecule has 2 amide bonds. The van der Waals surface area contributed by atoms with Gasteiger partial charge in [0.2, 0.25) is 11.8 Å². The standard InChI is InChI=1S/C13H19NO4/c1-3-13(4-2)7-9(15)14(12(13)18)10(11(16)17)8-5-6-8/h8,10H,3-7H2,1-2H3,(H,16,17). The van der Waals surface area contributed by atoms with E-state index in [0.29, 0.717) is 12.8 Å². The van der Waals surface area contributed by atoms with Crippen molar-refractivity contribution in [2.24, 2.45) is 11.3 Å². The molecular weight excluding hydrogens is 234 g/mol. The van der Waals surface area contributed by atoms with Crippen molar-refractivity contribution in [3.8, 4) is 0 Å². The Kier molecular flexibility index (Phi) is 3.17. The average Bonchev–Trinajstić information content (AvgIpc) is 3.11. The van der Waals surface area contributed by atoms with Crippen LogP contribution < -0.4 is 0 Å². The second-order valence-electron chi connectivity index (χ2n) is 5.35. The fourth-order valence-electron chi connectivity index (χ4n) is 2.84. The molecular formula is C13H19NO4. The SMILES string of the molecule is CCC1(CC)CC(=O)N(C(C(=O)O)C2CC2)C1=O. The second-order valence-corrected chi connectivity index (χ2v) is 5.35. The highest BCUT2D eigenvalue weighted by Gasteiger charge is 2.55. The van der Waals surface area contributed by atoms with Crippen LogP contribution in [0.25, 0.3) is 0 Å². The third-order valence-corrected chi connectivity index (χ3v) is 4.38. The number of hydrogen-bond acceptors (Lipinski definition) is 3. The molecule has 1 N–H and O–H groups in total. The van der Waals surface area contributed by atoms with Gasteiger partial charge in [0.15, 0.2) is 0 Å². The zero-order valence-electron chi connectivity index (χ0n) is 10.8. The van der Waals surface area contributed by atoms with E-state index in [2.05, 4.69) is 0 Å². The fraction of sp³-hybridized carbons (Fsp3) is 0.769. The predicted octanol–water partition coefficient (Wildman–Crippen LogP) is 1.41. The summed E-state index contributed by atoms with van der Waals surface area (Å²) in [5.41, 5.74) is -0.667. The van der Waals surface area contributed by atoms with Gasteiger partial charge in [-0.2, -0.15) is 0 Å². The lowest BCUT2D eigenvalue weighted by molar-refractivity contribution is -0.156. The first-order valence-corrected chi connectivity index (χ1v) is 6.56. The smallest absolute Gasteiger partial charge is 0.327 e. The number of carboxylic acids is 1. The Hall–Kier alpha value is -1.39. The van der Waals surface area contributed by atoms with E-state index in [1.165, 1.54) is 0 Å². The number of amides is 2. The molecule has 2 rings (SSSR count). The molecule has 2 fully saturated rings. The molecule has 1 aliphatic carbocycles. The molecule has 1 heterocycles. The minimum Gasteiger partial charge on any atom is -0.480 e. The molecule has 1 aliphatic heterocycles. The van der Waals surface area contributed by atoms with E-state index in [-0.39, 0.29) is 24.2 Å². The Morgan fingerprint density at radius 3 is 2.28 bits per heavy atom. The van der Waals surface area contributed by atoms with Gasteiger partial charge in [-0.25, -0.2) is 4.79 Å². The van der Waals surface area contributed by atoms with Crippen molar-refractivity contribution < 1.29 is 19.5 Å². The van der Waals surface area contributed by atoms with Crippen LogP contribution in [-0.4, -0.2) is 33.8 Å². The first kappa shape index (κ1) is 13.1. The van der Waals surface area contributed by atoms with Gasteiger partial charge in [0.05, 0.1) is 5.41 Å². The average molecular weight is 253 g/mol. The van der Waals surface area contributed by atoms with Crippen molar-refractivity contribution in [1.82, 2.24) is 4.90 Å². The normalized spacial score (nSPS) is 24.4. The fourth-order valence-corrected chi connectivity index (χ4v) is 2.84. The van der Waals surface area contributed by atoms with E-state index in [1.54, 1.807) is 0 Å². The number of carbonyl (C=O) groups is 3. The van der Waals surface area contributed by atoms with E-state index < -0.39 is 17.4 Å². The summed E-state index contributed by atoms with van der Waals surface area (Å²) < 4.78 is 0. The number of carbonyl (C=O) groups excluding carboxylic acids is 2. The van der Waals surface area contributed by atoms with Crippen molar-refractivity contribution in [3.05, 3.63) is 0 Å². The summed E-state index contributed by atoms with van der Waals surface area (Å²) >= 11 is 0. The Morgan fingerprint density at radius 1 is 1.39 bits per heavy atom. The van der Waals surface area contributed by atoms with Crippen LogP contribution in [0.2, 0.25) is 0 Å². The van der Waals surface area contributed by atoms with Gasteiger partial charge in [-0.3, -0.25) is 14.5 Å². The Balaban J connectivity index is 2.30. The lowest BCUT2D eigenvalue weighted by Gasteiger charge is -2.27. The number of imide groups is 1. The van der Waals surface area contributed by atoms with Crippen LogP contribution in [-0.2, 0) is 14.4 Å². The predicted molar refractivity (Wildman–Crippen MR) is 63.6 cm³/mol. The van der Waals surface area contributed by atoms with Gasteiger partial charge in [-0.05, 0) is 31.6 Å². The van der Waals surface area contributed by atoms with Crippen molar-refractivity contribution in [3.63, 3.8) is 0 Å². The molecule has 1 saturated heterocycles. The number of aliphatic carboxylic acids is 1. The van der Waals surface area contributed by atoms with Crippen LogP contribution in [0.3, 0.4) is 0 Å². The van der Waals surface area contributed by atoms with E-state index in [0.717, 1.165) is 17.7 Å². The summed E-state index contributed by atoms with van der Waals surface area (Å²) in [5.74, 6) is -1.69. The van der Waals surface area contributed by atoms with Crippen molar-refractivity contribution in [2.45, 2.75) is 52.0 Å². The summed E-state index contributed by atoms with van der Waals surface area (Å²) in [6.45, 7) is 3.76. The van der Waals surface area contributed by atoms with Crippen LogP contribution in [0.1, 0.15) is 46.0 Å². The molecule has 18 heavy (non-hydrogen) atoms. The van der Waals surface area contributed by atoms with E-state index in [4.69, 9.17) is 0 Å². The third kappa shape index (κ3) is 1.82. The number of nitrogens with zero attached hydrogens (tertiary/aromatic N) is 1. The second kappa shape index (κ2) is 4.37. The quantitative estimate of drug-likeness (QED) is 0.752. The molecule has 0 aromatic carbocycles. The minimum absolute atomic E-state index is 0.0417. The van der Waals surface area contributed by atoms with Crippen molar-refractivity contribution in [2.75, 3.05) is 0 Å². The molecule has 1 atom stereocenters. The van der Waals surface area contributed by atoms with Gasteiger partial charge in [0.1, 0.15) is 6.04 Å². The molecule has 0 aromatic rings. The number of likely N-dealkylation sites (tertiary alicyclic amines) is 1. The van der Waals surface area contributed by atoms with Crippen LogP contribution in [0.15, 0.2) is 0 Å². The van der Waals surface area contributed by atoms with E-state index in [9.17, 15) is 19.5 Å². The highest BCUT2D eigenvalue weighted by atomic mass is 16.4. The Labute approximate surface area is 106 Å². The number of hydrogen-bond donors (Lipinski definition) is 1. The monoisotopic (exact) mass is 253 g/mol. The van der Waals surface area contributed by atoms with Gasteiger partial charge in [-0.1, -0.05) is 13.8 Å². The summed E-state index contributed by atoms with van der Waals surface area (Å²) in [4.78, 5) is 36.8. The van der Waals surface area contributed by atoms with Crippen LogP contribution in [0, 0.1) is 11.3 Å². The summed E-state index contributed by atoms with van der Waals surface area (Å²) in [6, 6.07) is -0.940. The molecule has 2 aliphatic rings. The van der Waals surface area contributed by atoms with Gasteiger partial charge in [0, 0.05) is 6.42 Å². The van der Waals surface area contributed by atoms with Gasteiger partial charge < -0.3 is 5.11 Å². The first-order valence-electron chi connectivity index (χ1n) is 6.56. The topological polar surface area (TPSA) is 74.7 Å². The maximum atomic E-state index is 12.4. The van der Waals surface area contributed by atoms with Gasteiger partial charge in [0.25, 0.3) is 0 Å².